The molecular formula is C22H46N4. The van der Waals surface area contributed by atoms with Gasteiger partial charge < -0.3 is 4.90 Å². The molecule has 0 radical (unpaired) electrons. The van der Waals surface area contributed by atoms with Crippen LogP contribution in [-0.2, 0) is 0 Å². The number of likely N-dealkylation sites (N-methyl/N-ethyl adjacent to an activating group) is 1. The maximum atomic E-state index is 2.80. The lowest BCUT2D eigenvalue weighted by Crippen LogP contribution is -2.75. The molecule has 0 bridgehead atoms. The fourth-order valence-corrected chi connectivity index (χ4v) is 6.04. The molecule has 0 saturated carbocycles. The highest BCUT2D eigenvalue weighted by Crippen LogP contribution is 2.40. The van der Waals surface area contributed by atoms with Crippen molar-refractivity contribution in [2.24, 2.45) is 0 Å². The average Bonchev–Trinajstić information content (AvgIpc) is 2.47. The summed E-state index contributed by atoms with van der Waals surface area (Å²) >= 11 is 0. The highest BCUT2D eigenvalue weighted by molar-refractivity contribution is 5.09. The Labute approximate surface area is 163 Å². The van der Waals surface area contributed by atoms with E-state index in [9.17, 15) is 0 Å². The summed E-state index contributed by atoms with van der Waals surface area (Å²) in [6.45, 7) is 28.9. The van der Waals surface area contributed by atoms with Crippen LogP contribution in [0.15, 0.2) is 0 Å². The molecule has 0 aliphatic carbocycles. The zero-order valence-electron chi connectivity index (χ0n) is 19.5. The lowest BCUT2D eigenvalue weighted by atomic mass is 9.75. The lowest BCUT2D eigenvalue weighted by Gasteiger charge is -2.63. The molecule has 2 aliphatic heterocycles. The molecule has 4 nitrogen and oxygen atoms in total. The predicted octanol–water partition coefficient (Wildman–Crippen LogP) is 3.37. The smallest absolute Gasteiger partial charge is 0.0338 e. The minimum absolute atomic E-state index is 0.112. The molecule has 4 unspecified atom stereocenters. The van der Waals surface area contributed by atoms with E-state index in [-0.39, 0.29) is 11.1 Å². The highest BCUT2D eigenvalue weighted by Gasteiger charge is 2.52. The summed E-state index contributed by atoms with van der Waals surface area (Å²) in [6.07, 6.45) is 0. The molecule has 4 atom stereocenters. The average molecular weight is 367 g/mol. The SMILES string of the molecule is CC(C)N1CCN(C(C)(C)C(C)(C)N2C(C)CN(C)CC2C)C(C)C1C. The van der Waals surface area contributed by atoms with Crippen molar-refractivity contribution in [3.8, 4) is 0 Å². The second-order valence-corrected chi connectivity index (χ2v) is 10.5. The van der Waals surface area contributed by atoms with Gasteiger partial charge in [-0.3, -0.25) is 14.7 Å². The maximum Gasteiger partial charge on any atom is 0.0338 e. The Morgan fingerprint density at radius 3 is 1.73 bits per heavy atom. The summed E-state index contributed by atoms with van der Waals surface area (Å²) in [5.41, 5.74) is 0.225. The van der Waals surface area contributed by atoms with E-state index in [4.69, 9.17) is 0 Å². The fraction of sp³-hybridized carbons (Fsp3) is 1.00. The summed E-state index contributed by atoms with van der Waals surface area (Å²) in [7, 11) is 2.26. The first-order valence-corrected chi connectivity index (χ1v) is 10.8. The number of rotatable bonds is 4. The van der Waals surface area contributed by atoms with Crippen LogP contribution in [0.1, 0.15) is 69.2 Å². The van der Waals surface area contributed by atoms with Crippen LogP contribution in [0, 0.1) is 0 Å². The van der Waals surface area contributed by atoms with Gasteiger partial charge in [0.2, 0.25) is 0 Å². The van der Waals surface area contributed by atoms with Crippen molar-refractivity contribution in [3.05, 3.63) is 0 Å². The standard InChI is InChI=1S/C22H46N4/c1-16(2)24-12-13-25(20(6)19(24)5)21(7,8)22(9,10)26-17(3)14-23(11)15-18(26)4/h16-20H,12-15H2,1-11H3. The molecule has 154 valence electrons. The van der Waals surface area contributed by atoms with Gasteiger partial charge in [0, 0.05) is 67.5 Å². The monoisotopic (exact) mass is 366 g/mol. The predicted molar refractivity (Wildman–Crippen MR) is 114 cm³/mol. The van der Waals surface area contributed by atoms with Crippen LogP contribution in [0.3, 0.4) is 0 Å². The van der Waals surface area contributed by atoms with Gasteiger partial charge in [0.1, 0.15) is 0 Å². The van der Waals surface area contributed by atoms with Gasteiger partial charge in [0.05, 0.1) is 0 Å². The van der Waals surface area contributed by atoms with Crippen molar-refractivity contribution in [1.29, 1.82) is 0 Å². The van der Waals surface area contributed by atoms with Crippen LogP contribution < -0.4 is 0 Å². The molecule has 2 saturated heterocycles. The number of nitrogens with zero attached hydrogens (tertiary/aromatic N) is 4. The number of piperazine rings is 2. The molecule has 2 rings (SSSR count). The van der Waals surface area contributed by atoms with Crippen molar-refractivity contribution in [2.75, 3.05) is 33.2 Å². The lowest BCUT2D eigenvalue weighted by molar-refractivity contribution is -0.128. The summed E-state index contributed by atoms with van der Waals surface area (Å²) in [6, 6.07) is 2.97. The van der Waals surface area contributed by atoms with E-state index in [1.165, 1.54) is 6.54 Å². The van der Waals surface area contributed by atoms with Crippen LogP contribution in [0.25, 0.3) is 0 Å². The third kappa shape index (κ3) is 3.72. The van der Waals surface area contributed by atoms with E-state index in [1.54, 1.807) is 0 Å². The topological polar surface area (TPSA) is 13.0 Å². The first-order valence-electron chi connectivity index (χ1n) is 10.8. The Kier molecular flexibility index (Phi) is 6.55. The minimum Gasteiger partial charge on any atom is -0.303 e. The van der Waals surface area contributed by atoms with Crippen molar-refractivity contribution >= 4 is 0 Å². The number of hydrogen-bond acceptors (Lipinski definition) is 4. The first-order chi connectivity index (χ1) is 11.8. The molecule has 0 N–H and O–H groups in total. The van der Waals surface area contributed by atoms with Crippen molar-refractivity contribution in [2.45, 2.75) is 111 Å². The van der Waals surface area contributed by atoms with Gasteiger partial charge >= 0.3 is 0 Å². The van der Waals surface area contributed by atoms with Crippen LogP contribution >= 0.6 is 0 Å². The third-order valence-corrected chi connectivity index (χ3v) is 7.94. The van der Waals surface area contributed by atoms with Crippen molar-refractivity contribution < 1.29 is 0 Å². The van der Waals surface area contributed by atoms with Gasteiger partial charge in [0.15, 0.2) is 0 Å². The fourth-order valence-electron chi connectivity index (χ4n) is 6.04. The molecule has 0 spiro atoms. The van der Waals surface area contributed by atoms with Gasteiger partial charge in [-0.15, -0.1) is 0 Å². The Balaban J connectivity index is 2.27. The molecule has 0 aromatic carbocycles. The van der Waals surface area contributed by atoms with Gasteiger partial charge in [0.25, 0.3) is 0 Å². The van der Waals surface area contributed by atoms with Gasteiger partial charge in [-0.25, -0.2) is 0 Å². The van der Waals surface area contributed by atoms with Crippen LogP contribution in [0.5, 0.6) is 0 Å². The summed E-state index contributed by atoms with van der Waals surface area (Å²) in [5.74, 6) is 0. The molecule has 26 heavy (non-hydrogen) atoms. The van der Waals surface area contributed by atoms with Crippen LogP contribution in [-0.4, -0.2) is 94.1 Å². The third-order valence-electron chi connectivity index (χ3n) is 7.94. The van der Waals surface area contributed by atoms with E-state index < -0.39 is 0 Å². The zero-order valence-corrected chi connectivity index (χ0v) is 19.5. The summed E-state index contributed by atoms with van der Waals surface area (Å²) < 4.78 is 0. The van der Waals surface area contributed by atoms with Gasteiger partial charge in [-0.05, 0) is 76.3 Å². The largest absolute Gasteiger partial charge is 0.303 e. The second kappa shape index (κ2) is 7.69. The van der Waals surface area contributed by atoms with E-state index in [0.29, 0.717) is 30.2 Å². The van der Waals surface area contributed by atoms with Gasteiger partial charge in [-0.2, -0.15) is 0 Å². The summed E-state index contributed by atoms with van der Waals surface area (Å²) in [5, 5.41) is 0. The van der Waals surface area contributed by atoms with Crippen molar-refractivity contribution in [3.63, 3.8) is 0 Å². The Bertz CT molecular complexity index is 461. The first kappa shape index (κ1) is 22.1. The molecule has 2 aliphatic rings. The maximum absolute atomic E-state index is 2.80. The molecule has 0 aromatic rings. The van der Waals surface area contributed by atoms with Gasteiger partial charge in [-0.1, -0.05) is 0 Å². The van der Waals surface area contributed by atoms with E-state index >= 15 is 0 Å². The quantitative estimate of drug-likeness (QED) is 0.756. The van der Waals surface area contributed by atoms with Crippen LogP contribution in [0.4, 0.5) is 0 Å². The van der Waals surface area contributed by atoms with E-state index in [1.807, 2.05) is 0 Å². The number of hydrogen-bond donors (Lipinski definition) is 0. The Hall–Kier alpha value is -0.160. The second-order valence-electron chi connectivity index (χ2n) is 10.5. The Morgan fingerprint density at radius 1 is 0.769 bits per heavy atom. The molecule has 0 amide bonds. The summed E-state index contributed by atoms with van der Waals surface area (Å²) in [4.78, 5) is 10.8. The molecule has 2 heterocycles. The van der Waals surface area contributed by atoms with Crippen LogP contribution in [0.2, 0.25) is 0 Å². The molecule has 4 heteroatoms. The minimum atomic E-state index is 0.112. The van der Waals surface area contributed by atoms with E-state index in [0.717, 1.165) is 19.6 Å². The highest BCUT2D eigenvalue weighted by atomic mass is 15.4. The molecular weight excluding hydrogens is 320 g/mol. The van der Waals surface area contributed by atoms with E-state index in [2.05, 4.69) is 95.9 Å². The zero-order chi connectivity index (χ0) is 20.0. The Morgan fingerprint density at radius 2 is 1.27 bits per heavy atom. The molecule has 2 fully saturated rings. The normalized spacial score (nSPS) is 34.6. The van der Waals surface area contributed by atoms with Crippen molar-refractivity contribution in [1.82, 2.24) is 19.6 Å². The molecule has 0 aromatic heterocycles.